The van der Waals surface area contributed by atoms with Crippen LogP contribution in [0, 0.1) is 11.8 Å². The smallest absolute Gasteiger partial charge is 0.257 e. The summed E-state index contributed by atoms with van der Waals surface area (Å²) >= 11 is 0. The average Bonchev–Trinajstić information content (AvgIpc) is 3.11. The van der Waals surface area contributed by atoms with E-state index in [1.54, 1.807) is 10.7 Å². The molecule has 2 atom stereocenters. The van der Waals surface area contributed by atoms with Crippen LogP contribution in [-0.2, 0) is 0 Å². The van der Waals surface area contributed by atoms with Crippen LogP contribution in [-0.4, -0.2) is 46.6 Å². The molecule has 2 aromatic heterocycles. The molecule has 0 saturated carbocycles. The number of rotatable bonds is 1. The molecule has 2 aliphatic rings. The molecule has 0 spiro atoms. The number of hydrogen-bond donors (Lipinski definition) is 1. The molecule has 0 aromatic carbocycles. The van der Waals surface area contributed by atoms with Crippen molar-refractivity contribution in [3.05, 3.63) is 36.2 Å². The lowest BCUT2D eigenvalue weighted by Crippen LogP contribution is -2.31. The number of carbonyl (C=O) groups is 1. The summed E-state index contributed by atoms with van der Waals surface area (Å²) < 4.78 is 1.76. The van der Waals surface area contributed by atoms with Gasteiger partial charge in [0.25, 0.3) is 5.91 Å². The van der Waals surface area contributed by atoms with Gasteiger partial charge in [-0.05, 0) is 24.0 Å². The molecule has 2 aliphatic heterocycles. The lowest BCUT2D eigenvalue weighted by molar-refractivity contribution is 0.0783. The number of nitrogens with one attached hydrogen (secondary N) is 1. The van der Waals surface area contributed by atoms with Gasteiger partial charge in [-0.1, -0.05) is 6.07 Å². The molecule has 4 rings (SSSR count). The number of amides is 1. The van der Waals surface area contributed by atoms with Gasteiger partial charge in [-0.15, -0.1) is 0 Å². The molecule has 1 amide bonds. The molecule has 98 valence electrons. The van der Waals surface area contributed by atoms with Crippen LogP contribution in [0.3, 0.4) is 0 Å². The minimum absolute atomic E-state index is 0.121. The maximum Gasteiger partial charge on any atom is 0.257 e. The SMILES string of the molecule is O=C(c1cnn2ccccc12)N1C[C@H]2CNC[C@H]2C1. The van der Waals surface area contributed by atoms with Gasteiger partial charge in [-0.25, -0.2) is 4.52 Å². The van der Waals surface area contributed by atoms with Crippen LogP contribution in [0.5, 0.6) is 0 Å². The Morgan fingerprint density at radius 1 is 1.26 bits per heavy atom. The molecule has 0 bridgehead atoms. The first-order valence-electron chi connectivity index (χ1n) is 6.75. The monoisotopic (exact) mass is 256 g/mol. The number of pyridine rings is 1. The Kier molecular flexibility index (Phi) is 2.35. The van der Waals surface area contributed by atoms with Gasteiger partial charge >= 0.3 is 0 Å². The summed E-state index contributed by atoms with van der Waals surface area (Å²) in [7, 11) is 0. The zero-order valence-electron chi connectivity index (χ0n) is 10.6. The molecule has 0 radical (unpaired) electrons. The first-order chi connectivity index (χ1) is 9.33. The van der Waals surface area contributed by atoms with E-state index < -0.39 is 0 Å². The fourth-order valence-electron chi connectivity index (χ4n) is 3.29. The number of nitrogens with zero attached hydrogens (tertiary/aromatic N) is 3. The van der Waals surface area contributed by atoms with E-state index in [2.05, 4.69) is 10.4 Å². The van der Waals surface area contributed by atoms with Crippen LogP contribution in [0.2, 0.25) is 0 Å². The van der Waals surface area contributed by atoms with Gasteiger partial charge in [0.05, 0.1) is 17.3 Å². The third kappa shape index (κ3) is 1.65. The van der Waals surface area contributed by atoms with E-state index in [1.165, 1.54) is 0 Å². The molecule has 0 unspecified atom stereocenters. The van der Waals surface area contributed by atoms with E-state index >= 15 is 0 Å². The summed E-state index contributed by atoms with van der Waals surface area (Å²) in [5.74, 6) is 1.38. The first-order valence-corrected chi connectivity index (χ1v) is 6.75. The Morgan fingerprint density at radius 3 is 2.84 bits per heavy atom. The molecule has 4 heterocycles. The Bertz CT molecular complexity index is 623. The van der Waals surface area contributed by atoms with Gasteiger partial charge in [0.1, 0.15) is 0 Å². The van der Waals surface area contributed by atoms with Gasteiger partial charge in [0.2, 0.25) is 0 Å². The van der Waals surface area contributed by atoms with Crippen molar-refractivity contribution in [2.45, 2.75) is 0 Å². The number of aromatic nitrogens is 2. The summed E-state index contributed by atoms with van der Waals surface area (Å²) in [6.07, 6.45) is 3.55. The fourth-order valence-corrected chi connectivity index (χ4v) is 3.29. The van der Waals surface area contributed by atoms with E-state index in [0.717, 1.165) is 31.7 Å². The van der Waals surface area contributed by atoms with E-state index in [4.69, 9.17) is 0 Å². The summed E-state index contributed by atoms with van der Waals surface area (Å²) in [6.45, 7) is 3.84. The van der Waals surface area contributed by atoms with Crippen molar-refractivity contribution in [2.24, 2.45) is 11.8 Å². The van der Waals surface area contributed by atoms with Gasteiger partial charge in [-0.3, -0.25) is 4.79 Å². The van der Waals surface area contributed by atoms with E-state index in [1.807, 2.05) is 29.3 Å². The Balaban J connectivity index is 1.64. The summed E-state index contributed by atoms with van der Waals surface area (Å²) in [5, 5.41) is 7.63. The Morgan fingerprint density at radius 2 is 2.05 bits per heavy atom. The zero-order valence-corrected chi connectivity index (χ0v) is 10.6. The highest BCUT2D eigenvalue weighted by molar-refractivity contribution is 6.00. The lowest BCUT2D eigenvalue weighted by Gasteiger charge is -2.16. The molecule has 1 N–H and O–H groups in total. The molecule has 0 aliphatic carbocycles. The zero-order chi connectivity index (χ0) is 12.8. The van der Waals surface area contributed by atoms with Gasteiger partial charge in [0.15, 0.2) is 0 Å². The summed E-state index contributed by atoms with van der Waals surface area (Å²) in [6, 6.07) is 5.80. The number of likely N-dealkylation sites (tertiary alicyclic amines) is 1. The largest absolute Gasteiger partial charge is 0.338 e. The van der Waals surface area contributed by atoms with Crippen LogP contribution in [0.4, 0.5) is 0 Å². The van der Waals surface area contributed by atoms with Crippen molar-refractivity contribution in [2.75, 3.05) is 26.2 Å². The maximum absolute atomic E-state index is 12.6. The highest BCUT2D eigenvalue weighted by atomic mass is 16.2. The normalized spacial score (nSPS) is 26.0. The van der Waals surface area contributed by atoms with E-state index in [9.17, 15) is 4.79 Å². The van der Waals surface area contributed by atoms with Gasteiger partial charge in [0, 0.05) is 32.4 Å². The van der Waals surface area contributed by atoms with Crippen LogP contribution < -0.4 is 5.32 Å². The highest BCUT2D eigenvalue weighted by Crippen LogP contribution is 2.28. The van der Waals surface area contributed by atoms with Crippen molar-refractivity contribution >= 4 is 11.4 Å². The predicted molar refractivity (Wildman–Crippen MR) is 70.9 cm³/mol. The third-order valence-corrected chi connectivity index (χ3v) is 4.33. The van der Waals surface area contributed by atoms with E-state index in [-0.39, 0.29) is 5.91 Å². The first kappa shape index (κ1) is 11.0. The van der Waals surface area contributed by atoms with Crippen molar-refractivity contribution in [3.63, 3.8) is 0 Å². The van der Waals surface area contributed by atoms with Crippen LogP contribution in [0.15, 0.2) is 30.6 Å². The maximum atomic E-state index is 12.6. The van der Waals surface area contributed by atoms with Crippen LogP contribution in [0.25, 0.3) is 5.52 Å². The Labute approximate surface area is 111 Å². The third-order valence-electron chi connectivity index (χ3n) is 4.33. The second-order valence-electron chi connectivity index (χ2n) is 5.48. The summed E-state index contributed by atoms with van der Waals surface area (Å²) in [5.41, 5.74) is 1.61. The molecular weight excluding hydrogens is 240 g/mol. The minimum Gasteiger partial charge on any atom is -0.338 e. The molecule has 2 saturated heterocycles. The second kappa shape index (κ2) is 4.06. The predicted octanol–water partition coefficient (Wildman–Crippen LogP) is 0.626. The van der Waals surface area contributed by atoms with Crippen molar-refractivity contribution in [1.29, 1.82) is 0 Å². The van der Waals surface area contributed by atoms with E-state index in [0.29, 0.717) is 17.4 Å². The Hall–Kier alpha value is -1.88. The fraction of sp³-hybridized carbons (Fsp3) is 0.429. The minimum atomic E-state index is 0.121. The van der Waals surface area contributed by atoms with Crippen LogP contribution >= 0.6 is 0 Å². The average molecular weight is 256 g/mol. The quantitative estimate of drug-likeness (QED) is 0.814. The number of hydrogen-bond acceptors (Lipinski definition) is 3. The van der Waals surface area contributed by atoms with Crippen LogP contribution in [0.1, 0.15) is 10.4 Å². The molecule has 19 heavy (non-hydrogen) atoms. The van der Waals surface area contributed by atoms with Gasteiger partial charge in [-0.2, -0.15) is 5.10 Å². The molecule has 2 aromatic rings. The highest BCUT2D eigenvalue weighted by Gasteiger charge is 2.38. The molecule has 2 fully saturated rings. The van der Waals surface area contributed by atoms with Crippen molar-refractivity contribution in [1.82, 2.24) is 19.8 Å². The standard InChI is InChI=1S/C14H16N4O/c19-14(17-8-10-5-15-6-11(10)9-17)12-7-16-18-4-2-1-3-13(12)18/h1-4,7,10-11,15H,5-6,8-9H2/t10-,11+. The van der Waals surface area contributed by atoms with Crippen molar-refractivity contribution < 1.29 is 4.79 Å². The molecule has 5 nitrogen and oxygen atoms in total. The lowest BCUT2D eigenvalue weighted by atomic mass is 10.0. The second-order valence-corrected chi connectivity index (χ2v) is 5.48. The van der Waals surface area contributed by atoms with Crippen molar-refractivity contribution in [3.8, 4) is 0 Å². The summed E-state index contributed by atoms with van der Waals surface area (Å²) in [4.78, 5) is 14.6. The molecular formula is C14H16N4O. The number of carbonyl (C=O) groups excluding carboxylic acids is 1. The topological polar surface area (TPSA) is 49.6 Å². The number of fused-ring (bicyclic) bond motifs is 2. The van der Waals surface area contributed by atoms with Gasteiger partial charge < -0.3 is 10.2 Å². The molecule has 5 heteroatoms.